The number of aryl methyl sites for hydroxylation is 1. The fraction of sp³-hybridized carbons (Fsp3) is 0.103. The highest BCUT2D eigenvalue weighted by molar-refractivity contribution is 7.14. The number of ether oxygens (including phenoxy) is 1. The number of rotatable bonds is 6. The summed E-state index contributed by atoms with van der Waals surface area (Å²) in [6.45, 7) is 1.39. The number of amides is 1. The van der Waals surface area contributed by atoms with E-state index in [9.17, 15) is 18.8 Å². The van der Waals surface area contributed by atoms with Gasteiger partial charge in [-0.05, 0) is 48.2 Å². The summed E-state index contributed by atoms with van der Waals surface area (Å²) in [5.41, 5.74) is 3.34. The second-order valence-electron chi connectivity index (χ2n) is 8.67. The molecule has 5 aromatic rings. The maximum atomic E-state index is 13.3. The standard InChI is InChI=1S/C29H22FN3O4S/c1-17-7-9-19(10-8-17)25-21-5-3-4-6-22(21)27(35)33(2)26(25)28(36)37-15-24(34)32-29-31-23(16-38-29)18-11-13-20(30)14-12-18/h3-14,16H,15H2,1-2H3,(H,31,32,34). The first-order valence-corrected chi connectivity index (χ1v) is 12.6. The molecule has 0 radical (unpaired) electrons. The van der Waals surface area contributed by atoms with Crippen LogP contribution < -0.4 is 10.9 Å². The second-order valence-corrected chi connectivity index (χ2v) is 9.53. The van der Waals surface area contributed by atoms with Crippen molar-refractivity contribution in [3.8, 4) is 22.4 Å². The van der Waals surface area contributed by atoms with Crippen molar-refractivity contribution in [2.24, 2.45) is 7.05 Å². The number of anilines is 1. The average molecular weight is 528 g/mol. The molecule has 190 valence electrons. The molecule has 0 saturated heterocycles. The number of benzene rings is 3. The number of esters is 1. The van der Waals surface area contributed by atoms with E-state index in [4.69, 9.17) is 4.74 Å². The molecule has 0 bridgehead atoms. The van der Waals surface area contributed by atoms with Gasteiger partial charge in [-0.1, -0.05) is 48.0 Å². The predicted octanol–water partition coefficient (Wildman–Crippen LogP) is 5.57. The highest BCUT2D eigenvalue weighted by atomic mass is 32.1. The third-order valence-electron chi connectivity index (χ3n) is 6.06. The minimum atomic E-state index is -0.799. The van der Waals surface area contributed by atoms with Gasteiger partial charge in [-0.25, -0.2) is 14.2 Å². The smallest absolute Gasteiger partial charge is 0.356 e. The van der Waals surface area contributed by atoms with Crippen molar-refractivity contribution in [1.29, 1.82) is 0 Å². The van der Waals surface area contributed by atoms with E-state index in [0.29, 0.717) is 32.7 Å². The van der Waals surface area contributed by atoms with Crippen molar-refractivity contribution in [3.05, 3.63) is 106 Å². The number of halogens is 1. The molecular weight excluding hydrogens is 505 g/mol. The number of fused-ring (bicyclic) bond motifs is 1. The van der Waals surface area contributed by atoms with Gasteiger partial charge in [0.25, 0.3) is 11.5 Å². The molecule has 7 nitrogen and oxygen atoms in total. The molecule has 0 aliphatic rings. The summed E-state index contributed by atoms with van der Waals surface area (Å²) in [5.74, 6) is -1.73. The normalized spacial score (nSPS) is 10.9. The molecular formula is C29H22FN3O4S. The molecule has 3 aromatic carbocycles. The number of carbonyl (C=O) groups is 2. The number of aromatic nitrogens is 2. The van der Waals surface area contributed by atoms with E-state index in [-0.39, 0.29) is 17.1 Å². The number of carbonyl (C=O) groups excluding carboxylic acids is 2. The minimum absolute atomic E-state index is 0.0539. The lowest BCUT2D eigenvalue weighted by Crippen LogP contribution is -2.28. The molecule has 2 heterocycles. The van der Waals surface area contributed by atoms with Crippen molar-refractivity contribution in [2.45, 2.75) is 6.92 Å². The first-order valence-electron chi connectivity index (χ1n) is 11.7. The molecule has 1 N–H and O–H groups in total. The van der Waals surface area contributed by atoms with Crippen LogP contribution in [-0.2, 0) is 16.6 Å². The number of pyridine rings is 1. The summed E-state index contributed by atoms with van der Waals surface area (Å²) in [7, 11) is 1.51. The van der Waals surface area contributed by atoms with E-state index in [1.807, 2.05) is 31.2 Å². The molecule has 0 aliphatic heterocycles. The van der Waals surface area contributed by atoms with Crippen LogP contribution >= 0.6 is 11.3 Å². The summed E-state index contributed by atoms with van der Waals surface area (Å²) >= 11 is 1.19. The maximum Gasteiger partial charge on any atom is 0.356 e. The molecule has 0 atom stereocenters. The first kappa shape index (κ1) is 25.0. The Labute approximate surface area is 221 Å². The van der Waals surface area contributed by atoms with Gasteiger partial charge in [0.05, 0.1) is 5.69 Å². The summed E-state index contributed by atoms with van der Waals surface area (Å²) < 4.78 is 19.8. The topological polar surface area (TPSA) is 90.3 Å². The van der Waals surface area contributed by atoms with Crippen LogP contribution in [0, 0.1) is 12.7 Å². The second kappa shape index (κ2) is 10.4. The van der Waals surface area contributed by atoms with Crippen molar-refractivity contribution in [1.82, 2.24) is 9.55 Å². The van der Waals surface area contributed by atoms with Gasteiger partial charge in [-0.2, -0.15) is 0 Å². The lowest BCUT2D eigenvalue weighted by atomic mass is 9.96. The van der Waals surface area contributed by atoms with Gasteiger partial charge in [-0.15, -0.1) is 11.3 Å². The summed E-state index contributed by atoms with van der Waals surface area (Å²) in [5, 5.41) is 5.74. The van der Waals surface area contributed by atoms with E-state index in [1.165, 1.54) is 35.1 Å². The number of hydrogen-bond acceptors (Lipinski definition) is 6. The Hall–Kier alpha value is -4.63. The molecule has 5 rings (SSSR count). The van der Waals surface area contributed by atoms with E-state index < -0.39 is 18.5 Å². The molecule has 2 aromatic heterocycles. The Bertz CT molecular complexity index is 1720. The summed E-state index contributed by atoms with van der Waals surface area (Å²) in [6, 6.07) is 20.5. The Morgan fingerprint density at radius 3 is 2.34 bits per heavy atom. The molecule has 0 unspecified atom stereocenters. The largest absolute Gasteiger partial charge is 0.451 e. The highest BCUT2D eigenvalue weighted by Crippen LogP contribution is 2.31. The Morgan fingerprint density at radius 2 is 1.63 bits per heavy atom. The monoisotopic (exact) mass is 527 g/mol. The molecule has 0 spiro atoms. The highest BCUT2D eigenvalue weighted by Gasteiger charge is 2.23. The zero-order valence-electron chi connectivity index (χ0n) is 20.5. The number of nitrogens with one attached hydrogen (secondary N) is 1. The van der Waals surface area contributed by atoms with Gasteiger partial charge in [0.1, 0.15) is 11.5 Å². The van der Waals surface area contributed by atoms with Crippen LogP contribution in [-0.4, -0.2) is 28.0 Å². The SMILES string of the molecule is Cc1ccc(-c2c(C(=O)OCC(=O)Nc3nc(-c4ccc(F)cc4)cs3)n(C)c(=O)c3ccccc23)cc1. The van der Waals surface area contributed by atoms with Gasteiger partial charge in [0.2, 0.25) is 0 Å². The third-order valence-corrected chi connectivity index (χ3v) is 6.82. The van der Waals surface area contributed by atoms with E-state index in [1.54, 1.807) is 41.8 Å². The lowest BCUT2D eigenvalue weighted by Gasteiger charge is -2.17. The van der Waals surface area contributed by atoms with Crippen molar-refractivity contribution in [2.75, 3.05) is 11.9 Å². The van der Waals surface area contributed by atoms with E-state index >= 15 is 0 Å². The number of nitrogens with zero attached hydrogens (tertiary/aromatic N) is 2. The van der Waals surface area contributed by atoms with E-state index in [2.05, 4.69) is 10.3 Å². The Balaban J connectivity index is 1.39. The quantitative estimate of drug-likeness (QED) is 0.292. The van der Waals surface area contributed by atoms with Crippen LogP contribution in [0.5, 0.6) is 0 Å². The number of thiazole rings is 1. The Morgan fingerprint density at radius 1 is 0.974 bits per heavy atom. The predicted molar refractivity (Wildman–Crippen MR) is 146 cm³/mol. The lowest BCUT2D eigenvalue weighted by molar-refractivity contribution is -0.119. The molecule has 9 heteroatoms. The fourth-order valence-corrected chi connectivity index (χ4v) is 4.89. The summed E-state index contributed by atoms with van der Waals surface area (Å²) in [4.78, 5) is 43.2. The first-order chi connectivity index (χ1) is 18.3. The van der Waals surface area contributed by atoms with E-state index in [0.717, 1.165) is 11.1 Å². The van der Waals surface area contributed by atoms with Crippen molar-refractivity contribution in [3.63, 3.8) is 0 Å². The van der Waals surface area contributed by atoms with Crippen molar-refractivity contribution < 1.29 is 18.7 Å². The zero-order chi connectivity index (χ0) is 26.8. The van der Waals surface area contributed by atoms with Gasteiger partial charge in [-0.3, -0.25) is 14.9 Å². The van der Waals surface area contributed by atoms with Gasteiger partial charge in [0, 0.05) is 28.9 Å². The average Bonchev–Trinajstić information content (AvgIpc) is 3.38. The molecule has 38 heavy (non-hydrogen) atoms. The third kappa shape index (κ3) is 4.96. The van der Waals surface area contributed by atoms with Gasteiger partial charge in [0.15, 0.2) is 11.7 Å². The van der Waals surface area contributed by atoms with Gasteiger partial charge >= 0.3 is 5.97 Å². The fourth-order valence-electron chi connectivity index (χ4n) is 4.16. The molecule has 0 aliphatic carbocycles. The van der Waals surface area contributed by atoms with Crippen LogP contribution in [0.1, 0.15) is 16.1 Å². The van der Waals surface area contributed by atoms with Crippen LogP contribution in [0.25, 0.3) is 33.2 Å². The van der Waals surface area contributed by atoms with Crippen LogP contribution in [0.4, 0.5) is 9.52 Å². The molecule has 0 fully saturated rings. The molecule has 1 amide bonds. The minimum Gasteiger partial charge on any atom is -0.451 e. The summed E-state index contributed by atoms with van der Waals surface area (Å²) in [6.07, 6.45) is 0. The van der Waals surface area contributed by atoms with Gasteiger partial charge < -0.3 is 9.30 Å². The maximum absolute atomic E-state index is 13.3. The van der Waals surface area contributed by atoms with Crippen molar-refractivity contribution >= 4 is 39.1 Å². The zero-order valence-corrected chi connectivity index (χ0v) is 21.3. The number of hydrogen-bond donors (Lipinski definition) is 1. The molecule has 0 saturated carbocycles. The van der Waals surface area contributed by atoms with Crippen LogP contribution in [0.2, 0.25) is 0 Å². The Kier molecular flexibility index (Phi) is 6.85. The van der Waals surface area contributed by atoms with Crippen LogP contribution in [0.3, 0.4) is 0 Å². The van der Waals surface area contributed by atoms with Crippen LogP contribution in [0.15, 0.2) is 83.0 Å².